The van der Waals surface area contributed by atoms with Gasteiger partial charge in [-0.2, -0.15) is 5.26 Å². The first kappa shape index (κ1) is 10.8. The van der Waals surface area contributed by atoms with Crippen molar-refractivity contribution in [1.29, 1.82) is 5.26 Å². The maximum absolute atomic E-state index is 13.1. The van der Waals surface area contributed by atoms with E-state index in [4.69, 9.17) is 9.68 Å². The summed E-state index contributed by atoms with van der Waals surface area (Å²) in [5, 5.41) is 8.69. The molecule has 1 aromatic heterocycles. The molecule has 4 heteroatoms. The molecule has 0 amide bonds. The number of rotatable bonds is 3. The van der Waals surface area contributed by atoms with Gasteiger partial charge in [-0.3, -0.25) is 0 Å². The number of nitrogens with zero attached hydrogens (tertiary/aromatic N) is 1. The van der Waals surface area contributed by atoms with E-state index in [-0.39, 0.29) is 5.82 Å². The Balaban J connectivity index is 2.10. The lowest BCUT2D eigenvalue weighted by atomic mass is 10.2. The monoisotopic (exact) mass is 233 g/mol. The molecule has 0 aliphatic heterocycles. The van der Waals surface area contributed by atoms with Crippen LogP contribution in [0.25, 0.3) is 0 Å². The zero-order chi connectivity index (χ0) is 11.4. The lowest BCUT2D eigenvalue weighted by molar-refractivity contribution is 0.530. The molecule has 0 bridgehead atoms. The standard InChI is InChI=1S/C12H8FNOS/c13-10-4-9(7-14)5-12(6-10)16-8-11-2-1-3-15-11/h1-6H,8H2. The quantitative estimate of drug-likeness (QED) is 0.760. The van der Waals surface area contributed by atoms with Gasteiger partial charge in [-0.25, -0.2) is 4.39 Å². The molecule has 0 atom stereocenters. The summed E-state index contributed by atoms with van der Waals surface area (Å²) >= 11 is 1.44. The van der Waals surface area contributed by atoms with Gasteiger partial charge >= 0.3 is 0 Å². The van der Waals surface area contributed by atoms with Gasteiger partial charge in [0, 0.05) is 4.90 Å². The van der Waals surface area contributed by atoms with Crippen molar-refractivity contribution in [3.8, 4) is 6.07 Å². The van der Waals surface area contributed by atoms with Crippen LogP contribution in [-0.2, 0) is 5.75 Å². The van der Waals surface area contributed by atoms with Crippen LogP contribution in [0.3, 0.4) is 0 Å². The van der Waals surface area contributed by atoms with Gasteiger partial charge in [0.05, 0.1) is 23.6 Å². The number of thioether (sulfide) groups is 1. The highest BCUT2D eigenvalue weighted by atomic mass is 32.2. The molecular formula is C12H8FNOS. The molecule has 2 rings (SSSR count). The van der Waals surface area contributed by atoms with E-state index in [9.17, 15) is 4.39 Å². The Morgan fingerprint density at radius 1 is 1.38 bits per heavy atom. The summed E-state index contributed by atoms with van der Waals surface area (Å²) in [6.07, 6.45) is 1.60. The summed E-state index contributed by atoms with van der Waals surface area (Å²) in [5.74, 6) is 1.06. The van der Waals surface area contributed by atoms with Gasteiger partial charge in [-0.05, 0) is 30.3 Å². The molecule has 2 nitrogen and oxygen atoms in total. The zero-order valence-corrected chi connectivity index (χ0v) is 9.13. The number of nitriles is 1. The Labute approximate surface area is 96.7 Å². The minimum Gasteiger partial charge on any atom is -0.468 e. The fraction of sp³-hybridized carbons (Fsp3) is 0.0833. The first-order valence-electron chi connectivity index (χ1n) is 4.64. The smallest absolute Gasteiger partial charge is 0.125 e. The highest BCUT2D eigenvalue weighted by Gasteiger charge is 2.02. The van der Waals surface area contributed by atoms with E-state index in [1.807, 2.05) is 18.2 Å². The zero-order valence-electron chi connectivity index (χ0n) is 8.31. The third kappa shape index (κ3) is 2.65. The van der Waals surface area contributed by atoms with Crippen LogP contribution in [0.4, 0.5) is 4.39 Å². The van der Waals surface area contributed by atoms with E-state index in [0.717, 1.165) is 10.7 Å². The lowest BCUT2D eigenvalue weighted by Crippen LogP contribution is -1.82. The maximum atomic E-state index is 13.1. The third-order valence-electron chi connectivity index (χ3n) is 1.96. The van der Waals surface area contributed by atoms with Gasteiger partial charge < -0.3 is 4.42 Å². The minimum atomic E-state index is -0.388. The molecule has 0 N–H and O–H groups in total. The average molecular weight is 233 g/mol. The normalized spacial score (nSPS) is 10.0. The van der Waals surface area contributed by atoms with Crippen LogP contribution in [0.5, 0.6) is 0 Å². The average Bonchev–Trinajstić information content (AvgIpc) is 2.78. The van der Waals surface area contributed by atoms with Crippen LogP contribution in [-0.4, -0.2) is 0 Å². The number of hydrogen-bond donors (Lipinski definition) is 0. The van der Waals surface area contributed by atoms with Crippen LogP contribution >= 0.6 is 11.8 Å². The van der Waals surface area contributed by atoms with Gasteiger partial charge in [0.1, 0.15) is 11.6 Å². The molecule has 2 aromatic rings. The second-order valence-electron chi connectivity index (χ2n) is 3.16. The van der Waals surface area contributed by atoms with Crippen LogP contribution < -0.4 is 0 Å². The minimum absolute atomic E-state index is 0.335. The van der Waals surface area contributed by atoms with Crippen LogP contribution in [0.15, 0.2) is 45.9 Å². The Morgan fingerprint density at radius 3 is 2.94 bits per heavy atom. The lowest BCUT2D eigenvalue weighted by Gasteiger charge is -2.00. The summed E-state index contributed by atoms with van der Waals surface area (Å²) < 4.78 is 18.3. The Bertz CT molecular complexity index is 516. The molecular weight excluding hydrogens is 225 g/mol. The second-order valence-corrected chi connectivity index (χ2v) is 4.20. The van der Waals surface area contributed by atoms with Crippen molar-refractivity contribution in [3.63, 3.8) is 0 Å². The van der Waals surface area contributed by atoms with E-state index in [1.165, 1.54) is 23.9 Å². The van der Waals surface area contributed by atoms with Crippen molar-refractivity contribution in [2.24, 2.45) is 0 Å². The molecule has 0 saturated carbocycles. The summed E-state index contributed by atoms with van der Waals surface area (Å²) in [7, 11) is 0. The van der Waals surface area contributed by atoms with Crippen molar-refractivity contribution >= 4 is 11.8 Å². The SMILES string of the molecule is N#Cc1cc(F)cc(SCc2ccco2)c1. The van der Waals surface area contributed by atoms with Crippen molar-refractivity contribution in [2.75, 3.05) is 0 Å². The maximum Gasteiger partial charge on any atom is 0.125 e. The molecule has 16 heavy (non-hydrogen) atoms. The van der Waals surface area contributed by atoms with E-state index in [0.29, 0.717) is 11.3 Å². The molecule has 0 saturated heterocycles. The molecule has 0 spiro atoms. The molecule has 1 heterocycles. The molecule has 0 aliphatic carbocycles. The first-order valence-corrected chi connectivity index (χ1v) is 5.62. The van der Waals surface area contributed by atoms with Crippen molar-refractivity contribution in [3.05, 3.63) is 53.7 Å². The molecule has 0 unspecified atom stereocenters. The third-order valence-corrected chi connectivity index (χ3v) is 2.96. The van der Waals surface area contributed by atoms with Crippen molar-refractivity contribution < 1.29 is 8.81 Å². The topological polar surface area (TPSA) is 36.9 Å². The molecule has 1 aromatic carbocycles. The summed E-state index contributed by atoms with van der Waals surface area (Å²) in [6, 6.07) is 9.88. The van der Waals surface area contributed by atoms with Gasteiger partial charge in [-0.15, -0.1) is 11.8 Å². The van der Waals surface area contributed by atoms with Crippen molar-refractivity contribution in [1.82, 2.24) is 0 Å². The van der Waals surface area contributed by atoms with Gasteiger partial charge in [-0.1, -0.05) is 0 Å². The molecule has 0 radical (unpaired) electrons. The first-order chi connectivity index (χ1) is 7.78. The van der Waals surface area contributed by atoms with E-state index >= 15 is 0 Å². The highest BCUT2D eigenvalue weighted by Crippen LogP contribution is 2.24. The number of furan rings is 1. The molecule has 0 fully saturated rings. The number of halogens is 1. The fourth-order valence-corrected chi connectivity index (χ4v) is 2.14. The van der Waals surface area contributed by atoms with Gasteiger partial charge in [0.15, 0.2) is 0 Å². The van der Waals surface area contributed by atoms with Crippen LogP contribution in [0.2, 0.25) is 0 Å². The van der Waals surface area contributed by atoms with Crippen molar-refractivity contribution in [2.45, 2.75) is 10.6 Å². The molecule has 0 aliphatic rings. The van der Waals surface area contributed by atoms with E-state index in [2.05, 4.69) is 0 Å². The number of benzene rings is 1. The second kappa shape index (κ2) is 4.86. The van der Waals surface area contributed by atoms with Crippen LogP contribution in [0, 0.1) is 17.1 Å². The summed E-state index contributed by atoms with van der Waals surface area (Å²) in [4.78, 5) is 0.730. The van der Waals surface area contributed by atoms with E-state index in [1.54, 1.807) is 12.3 Å². The predicted octanol–water partition coefficient (Wildman–Crippen LogP) is 3.58. The summed E-state index contributed by atoms with van der Waals surface area (Å²) in [5.41, 5.74) is 0.335. The Kier molecular flexibility index (Phi) is 3.28. The molecule has 80 valence electrons. The highest BCUT2D eigenvalue weighted by molar-refractivity contribution is 7.98. The predicted molar refractivity (Wildman–Crippen MR) is 59.4 cm³/mol. The largest absolute Gasteiger partial charge is 0.468 e. The fourth-order valence-electron chi connectivity index (χ4n) is 1.26. The summed E-state index contributed by atoms with van der Waals surface area (Å²) in [6.45, 7) is 0. The van der Waals surface area contributed by atoms with Gasteiger partial charge in [0.25, 0.3) is 0 Å². The van der Waals surface area contributed by atoms with Crippen LogP contribution in [0.1, 0.15) is 11.3 Å². The Hall–Kier alpha value is -1.73. The Morgan fingerprint density at radius 2 is 2.25 bits per heavy atom. The van der Waals surface area contributed by atoms with E-state index < -0.39 is 0 Å². The number of hydrogen-bond acceptors (Lipinski definition) is 3. The van der Waals surface area contributed by atoms with Gasteiger partial charge in [0.2, 0.25) is 0 Å².